The normalized spacial score (nSPS) is 10.8. The van der Waals surface area contributed by atoms with Crippen LogP contribution in [0.5, 0.6) is 5.75 Å². The van der Waals surface area contributed by atoms with Gasteiger partial charge < -0.3 is 15.5 Å². The molecule has 2 aromatic carbocycles. The standard InChI is InChI=1S/C17H16N2O2/c1-10-6-7-13(18)11(8-10)17(20)12-9-19-14-4-3-5-15(21-2)16(12)14/h3-9,19H,18H2,1-2H3. The topological polar surface area (TPSA) is 68.1 Å². The number of hydrogen-bond donors (Lipinski definition) is 2. The second-order valence-electron chi connectivity index (χ2n) is 5.01. The molecule has 0 atom stereocenters. The van der Waals surface area contributed by atoms with Crippen LogP contribution >= 0.6 is 0 Å². The lowest BCUT2D eigenvalue weighted by atomic mass is 9.99. The van der Waals surface area contributed by atoms with Gasteiger partial charge in [0.25, 0.3) is 0 Å². The summed E-state index contributed by atoms with van der Waals surface area (Å²) in [6.45, 7) is 1.94. The molecule has 0 aliphatic carbocycles. The summed E-state index contributed by atoms with van der Waals surface area (Å²) in [6.07, 6.45) is 1.71. The largest absolute Gasteiger partial charge is 0.496 e. The highest BCUT2D eigenvalue weighted by Crippen LogP contribution is 2.31. The average Bonchev–Trinajstić information content (AvgIpc) is 2.93. The van der Waals surface area contributed by atoms with Crippen molar-refractivity contribution in [3.05, 3.63) is 59.3 Å². The van der Waals surface area contributed by atoms with Gasteiger partial charge in [-0.15, -0.1) is 0 Å². The van der Waals surface area contributed by atoms with Crippen molar-refractivity contribution < 1.29 is 9.53 Å². The Morgan fingerprint density at radius 2 is 2.00 bits per heavy atom. The van der Waals surface area contributed by atoms with Crippen molar-refractivity contribution >= 4 is 22.4 Å². The molecule has 0 aliphatic rings. The number of ether oxygens (including phenoxy) is 1. The van der Waals surface area contributed by atoms with E-state index in [0.29, 0.717) is 22.6 Å². The van der Waals surface area contributed by atoms with Crippen LogP contribution in [-0.4, -0.2) is 17.9 Å². The van der Waals surface area contributed by atoms with Crippen LogP contribution in [0, 0.1) is 6.92 Å². The fourth-order valence-electron chi connectivity index (χ4n) is 2.51. The Bertz CT molecular complexity index is 834. The molecule has 0 bridgehead atoms. The Kier molecular flexibility index (Phi) is 3.14. The molecule has 1 heterocycles. The first-order chi connectivity index (χ1) is 10.1. The van der Waals surface area contributed by atoms with Gasteiger partial charge in [-0.2, -0.15) is 0 Å². The first-order valence-electron chi connectivity index (χ1n) is 6.66. The van der Waals surface area contributed by atoms with E-state index in [0.717, 1.165) is 16.5 Å². The van der Waals surface area contributed by atoms with Gasteiger partial charge in [0.15, 0.2) is 5.78 Å². The third-order valence-electron chi connectivity index (χ3n) is 3.59. The smallest absolute Gasteiger partial charge is 0.197 e. The van der Waals surface area contributed by atoms with E-state index in [2.05, 4.69) is 4.98 Å². The van der Waals surface area contributed by atoms with Gasteiger partial charge in [0, 0.05) is 23.0 Å². The second-order valence-corrected chi connectivity index (χ2v) is 5.01. The van der Waals surface area contributed by atoms with Gasteiger partial charge in [0.2, 0.25) is 0 Å². The van der Waals surface area contributed by atoms with Gasteiger partial charge in [0.05, 0.1) is 18.1 Å². The van der Waals surface area contributed by atoms with E-state index < -0.39 is 0 Å². The molecule has 0 fully saturated rings. The Labute approximate surface area is 122 Å². The lowest BCUT2D eigenvalue weighted by Crippen LogP contribution is -2.05. The maximum Gasteiger partial charge on any atom is 0.197 e. The van der Waals surface area contributed by atoms with E-state index in [1.807, 2.05) is 37.3 Å². The molecule has 0 unspecified atom stereocenters. The molecule has 0 spiro atoms. The van der Waals surface area contributed by atoms with E-state index in [1.165, 1.54) is 0 Å². The predicted molar refractivity (Wildman–Crippen MR) is 83.9 cm³/mol. The summed E-state index contributed by atoms with van der Waals surface area (Å²) in [5.74, 6) is 0.565. The number of fused-ring (bicyclic) bond motifs is 1. The molecular weight excluding hydrogens is 264 g/mol. The van der Waals surface area contributed by atoms with Gasteiger partial charge in [-0.1, -0.05) is 17.7 Å². The number of carbonyl (C=O) groups is 1. The van der Waals surface area contributed by atoms with Crippen LogP contribution < -0.4 is 10.5 Å². The Hall–Kier alpha value is -2.75. The number of benzene rings is 2. The zero-order chi connectivity index (χ0) is 15.0. The Morgan fingerprint density at radius 3 is 2.76 bits per heavy atom. The minimum Gasteiger partial charge on any atom is -0.496 e. The van der Waals surface area contributed by atoms with Crippen LogP contribution in [0.3, 0.4) is 0 Å². The molecule has 0 saturated heterocycles. The highest BCUT2D eigenvalue weighted by molar-refractivity contribution is 6.19. The zero-order valence-corrected chi connectivity index (χ0v) is 11.9. The number of ketones is 1. The first kappa shape index (κ1) is 13.2. The average molecular weight is 280 g/mol. The number of H-pyrrole nitrogens is 1. The zero-order valence-electron chi connectivity index (χ0n) is 11.9. The molecule has 3 rings (SSSR count). The van der Waals surface area contributed by atoms with E-state index in [4.69, 9.17) is 10.5 Å². The van der Waals surface area contributed by atoms with Gasteiger partial charge >= 0.3 is 0 Å². The molecule has 4 nitrogen and oxygen atoms in total. The number of methoxy groups -OCH3 is 1. The van der Waals surface area contributed by atoms with Gasteiger partial charge in [-0.25, -0.2) is 0 Å². The molecule has 3 N–H and O–H groups in total. The fraction of sp³-hybridized carbons (Fsp3) is 0.118. The fourth-order valence-corrected chi connectivity index (χ4v) is 2.51. The number of aromatic nitrogens is 1. The SMILES string of the molecule is COc1cccc2[nH]cc(C(=O)c3cc(C)ccc3N)c12. The third-order valence-corrected chi connectivity index (χ3v) is 3.59. The maximum atomic E-state index is 12.8. The second kappa shape index (κ2) is 4.98. The molecule has 1 aromatic heterocycles. The van der Waals surface area contributed by atoms with Crippen molar-refractivity contribution in [1.29, 1.82) is 0 Å². The van der Waals surface area contributed by atoms with Crippen LogP contribution in [0.25, 0.3) is 10.9 Å². The number of rotatable bonds is 3. The summed E-state index contributed by atoms with van der Waals surface area (Å²) < 4.78 is 5.36. The molecular formula is C17H16N2O2. The van der Waals surface area contributed by atoms with Crippen molar-refractivity contribution in [2.45, 2.75) is 6.92 Å². The summed E-state index contributed by atoms with van der Waals surface area (Å²) >= 11 is 0. The summed E-state index contributed by atoms with van der Waals surface area (Å²) in [4.78, 5) is 15.9. The minimum atomic E-state index is -0.105. The van der Waals surface area contributed by atoms with Crippen molar-refractivity contribution in [3.63, 3.8) is 0 Å². The van der Waals surface area contributed by atoms with Gasteiger partial charge in [0.1, 0.15) is 5.75 Å². The van der Waals surface area contributed by atoms with Crippen LogP contribution in [0.1, 0.15) is 21.5 Å². The number of aryl methyl sites for hydroxylation is 1. The summed E-state index contributed by atoms with van der Waals surface area (Å²) in [5.41, 5.74) is 9.38. The predicted octanol–water partition coefficient (Wildman–Crippen LogP) is 3.30. The van der Waals surface area contributed by atoms with Crippen LogP contribution in [0.2, 0.25) is 0 Å². The minimum absolute atomic E-state index is 0.105. The van der Waals surface area contributed by atoms with E-state index in [-0.39, 0.29) is 5.78 Å². The summed E-state index contributed by atoms with van der Waals surface area (Å²) in [5, 5.41) is 0.783. The van der Waals surface area contributed by atoms with E-state index in [9.17, 15) is 4.79 Å². The molecule has 0 radical (unpaired) electrons. The Balaban J connectivity index is 2.20. The summed E-state index contributed by atoms with van der Waals surface area (Å²) in [7, 11) is 1.59. The number of carbonyl (C=O) groups excluding carboxylic acids is 1. The third kappa shape index (κ3) is 2.14. The highest BCUT2D eigenvalue weighted by Gasteiger charge is 2.19. The van der Waals surface area contributed by atoms with E-state index >= 15 is 0 Å². The molecule has 3 aromatic rings. The van der Waals surface area contributed by atoms with Crippen molar-refractivity contribution in [1.82, 2.24) is 4.98 Å². The molecule has 0 amide bonds. The van der Waals surface area contributed by atoms with E-state index in [1.54, 1.807) is 19.4 Å². The van der Waals surface area contributed by atoms with Gasteiger partial charge in [-0.05, 0) is 31.2 Å². The highest BCUT2D eigenvalue weighted by atomic mass is 16.5. The monoisotopic (exact) mass is 280 g/mol. The molecule has 106 valence electrons. The van der Waals surface area contributed by atoms with Crippen LogP contribution in [0.4, 0.5) is 5.69 Å². The van der Waals surface area contributed by atoms with Crippen LogP contribution in [0.15, 0.2) is 42.6 Å². The molecule has 4 heteroatoms. The molecule has 0 saturated carbocycles. The number of nitrogens with one attached hydrogen (secondary N) is 1. The van der Waals surface area contributed by atoms with Crippen LogP contribution in [-0.2, 0) is 0 Å². The Morgan fingerprint density at radius 1 is 1.19 bits per heavy atom. The van der Waals surface area contributed by atoms with Gasteiger partial charge in [-0.3, -0.25) is 4.79 Å². The van der Waals surface area contributed by atoms with Crippen molar-refractivity contribution in [3.8, 4) is 5.75 Å². The quantitative estimate of drug-likeness (QED) is 0.571. The van der Waals surface area contributed by atoms with Crippen molar-refractivity contribution in [2.75, 3.05) is 12.8 Å². The number of aromatic amines is 1. The molecule has 0 aliphatic heterocycles. The summed E-state index contributed by atoms with van der Waals surface area (Å²) in [6, 6.07) is 11.1. The lowest BCUT2D eigenvalue weighted by molar-refractivity contribution is 0.104. The lowest BCUT2D eigenvalue weighted by Gasteiger charge is -2.07. The number of anilines is 1. The molecule has 21 heavy (non-hydrogen) atoms. The first-order valence-corrected chi connectivity index (χ1v) is 6.66. The number of nitrogen functional groups attached to an aromatic ring is 1. The van der Waals surface area contributed by atoms with Crippen molar-refractivity contribution in [2.24, 2.45) is 0 Å². The maximum absolute atomic E-state index is 12.8. The number of hydrogen-bond acceptors (Lipinski definition) is 3. The number of nitrogens with two attached hydrogens (primary N) is 1.